The number of aryl methyl sites for hydroxylation is 1. The smallest absolute Gasteiger partial charge is 0.0413 e. The SMILES string of the molecule is CC=C/C=C(CN)/C(=C/CC)Nc1ccccc1C. The molecule has 0 heterocycles. The Morgan fingerprint density at radius 1 is 1.32 bits per heavy atom. The normalized spacial score (nSPS) is 13.1. The number of hydrogen-bond donors (Lipinski definition) is 2. The summed E-state index contributed by atoms with van der Waals surface area (Å²) in [4.78, 5) is 0. The summed E-state index contributed by atoms with van der Waals surface area (Å²) in [7, 11) is 0. The second-order valence-electron chi connectivity index (χ2n) is 4.39. The lowest BCUT2D eigenvalue weighted by Gasteiger charge is -2.15. The number of benzene rings is 1. The summed E-state index contributed by atoms with van der Waals surface area (Å²) in [5.41, 5.74) is 10.4. The third-order valence-electron chi connectivity index (χ3n) is 2.88. The van der Waals surface area contributed by atoms with Crippen molar-refractivity contribution in [3.05, 3.63) is 65.4 Å². The minimum Gasteiger partial charge on any atom is -0.355 e. The van der Waals surface area contributed by atoms with E-state index in [0.717, 1.165) is 23.4 Å². The van der Waals surface area contributed by atoms with Crippen LogP contribution >= 0.6 is 0 Å². The lowest BCUT2D eigenvalue weighted by Crippen LogP contribution is -2.12. The van der Waals surface area contributed by atoms with Crippen LogP contribution in [0.1, 0.15) is 25.8 Å². The Morgan fingerprint density at radius 2 is 2.05 bits per heavy atom. The van der Waals surface area contributed by atoms with Gasteiger partial charge in [0.05, 0.1) is 0 Å². The van der Waals surface area contributed by atoms with E-state index in [1.54, 1.807) is 0 Å². The van der Waals surface area contributed by atoms with Crippen molar-refractivity contribution >= 4 is 5.69 Å². The molecule has 0 aliphatic heterocycles. The third-order valence-corrected chi connectivity index (χ3v) is 2.88. The summed E-state index contributed by atoms with van der Waals surface area (Å²) in [5, 5.41) is 3.49. The number of nitrogens with one attached hydrogen (secondary N) is 1. The van der Waals surface area contributed by atoms with Gasteiger partial charge >= 0.3 is 0 Å². The Balaban J connectivity index is 3.02. The van der Waals surface area contributed by atoms with Crippen molar-refractivity contribution in [3.63, 3.8) is 0 Å². The molecule has 0 aromatic heterocycles. The number of rotatable bonds is 6. The molecule has 0 aliphatic rings. The highest BCUT2D eigenvalue weighted by molar-refractivity contribution is 5.58. The van der Waals surface area contributed by atoms with E-state index in [1.807, 2.05) is 31.2 Å². The molecule has 3 N–H and O–H groups in total. The largest absolute Gasteiger partial charge is 0.355 e. The number of allylic oxidation sites excluding steroid dienone is 4. The van der Waals surface area contributed by atoms with Crippen LogP contribution in [0, 0.1) is 6.92 Å². The number of nitrogens with two attached hydrogens (primary N) is 1. The molecule has 2 nitrogen and oxygen atoms in total. The molecule has 0 spiro atoms. The molecule has 1 aromatic rings. The summed E-state index contributed by atoms with van der Waals surface area (Å²) >= 11 is 0. The Labute approximate surface area is 116 Å². The van der Waals surface area contributed by atoms with Crippen molar-refractivity contribution in [2.75, 3.05) is 11.9 Å². The van der Waals surface area contributed by atoms with Gasteiger partial charge in [-0.3, -0.25) is 0 Å². The van der Waals surface area contributed by atoms with E-state index in [2.05, 4.69) is 43.4 Å². The molecule has 19 heavy (non-hydrogen) atoms. The van der Waals surface area contributed by atoms with Gasteiger partial charge in [-0.2, -0.15) is 0 Å². The fourth-order valence-electron chi connectivity index (χ4n) is 1.80. The molecule has 0 atom stereocenters. The summed E-state index contributed by atoms with van der Waals surface area (Å²) in [6.07, 6.45) is 9.24. The Kier molecular flexibility index (Phi) is 6.69. The van der Waals surface area contributed by atoms with E-state index in [1.165, 1.54) is 5.56 Å². The molecular formula is C17H24N2. The van der Waals surface area contributed by atoms with Gasteiger partial charge in [0.1, 0.15) is 0 Å². The van der Waals surface area contributed by atoms with Crippen molar-refractivity contribution in [1.82, 2.24) is 0 Å². The Hall–Kier alpha value is -1.80. The molecule has 0 amide bonds. The van der Waals surface area contributed by atoms with Gasteiger partial charge in [0.2, 0.25) is 0 Å². The molecule has 1 rings (SSSR count). The Bertz CT molecular complexity index is 482. The van der Waals surface area contributed by atoms with Gasteiger partial charge in [-0.25, -0.2) is 0 Å². The number of anilines is 1. The molecule has 0 saturated heterocycles. The van der Waals surface area contributed by atoms with Crippen molar-refractivity contribution in [2.45, 2.75) is 27.2 Å². The quantitative estimate of drug-likeness (QED) is 0.750. The second kappa shape index (κ2) is 8.33. The first-order valence-corrected chi connectivity index (χ1v) is 6.78. The highest BCUT2D eigenvalue weighted by Crippen LogP contribution is 2.19. The van der Waals surface area contributed by atoms with Crippen LogP contribution in [0.5, 0.6) is 0 Å². The van der Waals surface area contributed by atoms with Gasteiger partial charge in [0.15, 0.2) is 0 Å². The maximum atomic E-state index is 5.85. The zero-order valence-corrected chi connectivity index (χ0v) is 12.1. The Morgan fingerprint density at radius 3 is 2.63 bits per heavy atom. The standard InChI is InChI=1S/C17H24N2/c1-4-6-11-15(13-18)17(9-5-2)19-16-12-8-7-10-14(16)3/h4,6-12,19H,5,13,18H2,1-3H3/b6-4?,15-11+,17-9-. The van der Waals surface area contributed by atoms with Crippen LogP contribution in [0.4, 0.5) is 5.69 Å². The van der Waals surface area contributed by atoms with Crippen molar-refractivity contribution in [3.8, 4) is 0 Å². The van der Waals surface area contributed by atoms with E-state index in [4.69, 9.17) is 5.73 Å². The van der Waals surface area contributed by atoms with Crippen LogP contribution in [0.3, 0.4) is 0 Å². The molecule has 102 valence electrons. The van der Waals surface area contributed by atoms with E-state index in [0.29, 0.717) is 6.54 Å². The van der Waals surface area contributed by atoms with Crippen molar-refractivity contribution in [1.29, 1.82) is 0 Å². The first-order valence-electron chi connectivity index (χ1n) is 6.78. The fourth-order valence-corrected chi connectivity index (χ4v) is 1.80. The molecule has 1 aromatic carbocycles. The molecule has 0 aliphatic carbocycles. The molecule has 2 heteroatoms. The van der Waals surface area contributed by atoms with Gasteiger partial charge in [0, 0.05) is 17.9 Å². The van der Waals surface area contributed by atoms with Gasteiger partial charge in [-0.05, 0) is 37.5 Å². The highest BCUT2D eigenvalue weighted by Gasteiger charge is 2.04. The zero-order valence-electron chi connectivity index (χ0n) is 12.1. The van der Waals surface area contributed by atoms with Crippen LogP contribution in [0.25, 0.3) is 0 Å². The summed E-state index contributed by atoms with van der Waals surface area (Å²) in [6, 6.07) is 8.27. The lowest BCUT2D eigenvalue weighted by molar-refractivity contribution is 1.11. The minimum atomic E-state index is 0.523. The molecule has 0 radical (unpaired) electrons. The van der Waals surface area contributed by atoms with Crippen LogP contribution in [0.15, 0.2) is 59.8 Å². The fraction of sp³-hybridized carbons (Fsp3) is 0.294. The second-order valence-corrected chi connectivity index (χ2v) is 4.39. The van der Waals surface area contributed by atoms with E-state index < -0.39 is 0 Å². The third kappa shape index (κ3) is 4.76. The number of hydrogen-bond acceptors (Lipinski definition) is 2. The average Bonchev–Trinajstić information content (AvgIpc) is 2.42. The molecule has 0 fully saturated rings. The summed E-state index contributed by atoms with van der Waals surface area (Å²) < 4.78 is 0. The van der Waals surface area contributed by atoms with Crippen molar-refractivity contribution < 1.29 is 0 Å². The molecule has 0 unspecified atom stereocenters. The summed E-state index contributed by atoms with van der Waals surface area (Å²) in [6.45, 7) is 6.75. The maximum absolute atomic E-state index is 5.85. The first kappa shape index (κ1) is 15.3. The topological polar surface area (TPSA) is 38.0 Å². The monoisotopic (exact) mass is 256 g/mol. The van der Waals surface area contributed by atoms with Crippen LogP contribution < -0.4 is 11.1 Å². The molecule has 0 bridgehead atoms. The molecule has 0 saturated carbocycles. The summed E-state index contributed by atoms with van der Waals surface area (Å²) in [5.74, 6) is 0. The minimum absolute atomic E-state index is 0.523. The lowest BCUT2D eigenvalue weighted by atomic mass is 10.1. The predicted molar refractivity (Wildman–Crippen MR) is 85.1 cm³/mol. The van der Waals surface area contributed by atoms with Gasteiger partial charge in [-0.15, -0.1) is 0 Å². The van der Waals surface area contributed by atoms with Crippen molar-refractivity contribution in [2.24, 2.45) is 5.73 Å². The van der Waals surface area contributed by atoms with Gasteiger partial charge < -0.3 is 11.1 Å². The van der Waals surface area contributed by atoms with Gasteiger partial charge in [-0.1, -0.05) is 49.4 Å². The van der Waals surface area contributed by atoms with Crippen LogP contribution in [-0.2, 0) is 0 Å². The van der Waals surface area contributed by atoms with Gasteiger partial charge in [0.25, 0.3) is 0 Å². The van der Waals surface area contributed by atoms with E-state index >= 15 is 0 Å². The van der Waals surface area contributed by atoms with Crippen LogP contribution in [0.2, 0.25) is 0 Å². The van der Waals surface area contributed by atoms with Crippen LogP contribution in [-0.4, -0.2) is 6.54 Å². The van der Waals surface area contributed by atoms with E-state index in [9.17, 15) is 0 Å². The average molecular weight is 256 g/mol. The van der Waals surface area contributed by atoms with E-state index in [-0.39, 0.29) is 0 Å². The highest BCUT2D eigenvalue weighted by atomic mass is 14.9. The first-order chi connectivity index (χ1) is 9.22. The zero-order chi connectivity index (χ0) is 14.1. The number of para-hydroxylation sites is 1. The maximum Gasteiger partial charge on any atom is 0.0413 e. The predicted octanol–water partition coefficient (Wildman–Crippen LogP) is 4.16. The molecular weight excluding hydrogens is 232 g/mol.